The van der Waals surface area contributed by atoms with Crippen molar-refractivity contribution < 1.29 is 37.7 Å². The molecule has 2 aromatic rings. The Morgan fingerprint density at radius 2 is 1.89 bits per heavy atom. The van der Waals surface area contributed by atoms with E-state index in [1.165, 1.54) is 10.9 Å². The molecule has 0 aliphatic carbocycles. The van der Waals surface area contributed by atoms with Gasteiger partial charge in [0.2, 0.25) is 5.28 Å². The SMILES string of the molecule is CCCCCCCOC(=O)OC[C@H]1O[C@@H](n2cnc3c(N)nc(Cl)nc32)[C@@H](F)[C@@H]1OC(=O)OC(C)(C)C. The summed E-state index contributed by atoms with van der Waals surface area (Å²) in [6, 6.07) is 0. The number of imidazole rings is 1. The number of rotatable bonds is 10. The van der Waals surface area contributed by atoms with Gasteiger partial charge in [-0.3, -0.25) is 4.57 Å². The number of hydrogen-bond donors (Lipinski definition) is 1. The second-order valence-corrected chi connectivity index (χ2v) is 9.92. The van der Waals surface area contributed by atoms with E-state index in [-0.39, 0.29) is 28.9 Å². The minimum absolute atomic E-state index is 0.000956. The lowest BCUT2D eigenvalue weighted by molar-refractivity contribution is -0.0752. The highest BCUT2D eigenvalue weighted by Crippen LogP contribution is 2.36. The molecule has 4 atom stereocenters. The molecule has 0 aromatic carbocycles. The first-order chi connectivity index (χ1) is 17.5. The summed E-state index contributed by atoms with van der Waals surface area (Å²) in [6.07, 6.45) is -1.80. The van der Waals surface area contributed by atoms with Gasteiger partial charge in [0, 0.05) is 0 Å². The van der Waals surface area contributed by atoms with Gasteiger partial charge in [-0.25, -0.2) is 19.0 Å². The number of halogens is 2. The van der Waals surface area contributed by atoms with Crippen molar-refractivity contribution in [3.05, 3.63) is 11.6 Å². The van der Waals surface area contributed by atoms with Gasteiger partial charge in [-0.15, -0.1) is 0 Å². The first-order valence-electron chi connectivity index (χ1n) is 12.1. The van der Waals surface area contributed by atoms with E-state index in [9.17, 15) is 9.59 Å². The quantitative estimate of drug-likeness (QED) is 0.250. The van der Waals surface area contributed by atoms with Crippen LogP contribution in [-0.4, -0.2) is 69.0 Å². The zero-order valence-electron chi connectivity index (χ0n) is 21.3. The fourth-order valence-corrected chi connectivity index (χ4v) is 3.90. The number of anilines is 1. The number of hydrogen-bond acceptors (Lipinski definition) is 11. The van der Waals surface area contributed by atoms with Gasteiger partial charge < -0.3 is 29.4 Å². The van der Waals surface area contributed by atoms with Crippen molar-refractivity contribution in [3.63, 3.8) is 0 Å². The van der Waals surface area contributed by atoms with Crippen LogP contribution in [0.5, 0.6) is 0 Å². The lowest BCUT2D eigenvalue weighted by atomic mass is 10.1. The van der Waals surface area contributed by atoms with Crippen LogP contribution in [0.15, 0.2) is 6.33 Å². The molecule has 37 heavy (non-hydrogen) atoms. The largest absolute Gasteiger partial charge is 0.509 e. The maximum atomic E-state index is 15.7. The number of aromatic nitrogens is 4. The monoisotopic (exact) mass is 545 g/mol. The number of fused-ring (bicyclic) bond motifs is 1. The molecule has 3 heterocycles. The fourth-order valence-electron chi connectivity index (χ4n) is 3.73. The van der Waals surface area contributed by atoms with Crippen LogP contribution in [-0.2, 0) is 23.7 Å². The van der Waals surface area contributed by atoms with Crippen molar-refractivity contribution >= 4 is 40.9 Å². The first kappa shape index (κ1) is 28.6. The van der Waals surface area contributed by atoms with Crippen LogP contribution >= 0.6 is 11.6 Å². The number of alkyl halides is 1. The number of unbranched alkanes of at least 4 members (excludes halogenated alkanes) is 4. The number of nitrogens with zero attached hydrogens (tertiary/aromatic N) is 4. The topological polar surface area (TPSA) is 150 Å². The third-order valence-electron chi connectivity index (χ3n) is 5.42. The van der Waals surface area contributed by atoms with Crippen LogP contribution in [0, 0.1) is 0 Å². The molecule has 206 valence electrons. The van der Waals surface area contributed by atoms with Crippen LogP contribution in [0.4, 0.5) is 19.8 Å². The Morgan fingerprint density at radius 1 is 1.16 bits per heavy atom. The Morgan fingerprint density at radius 3 is 2.59 bits per heavy atom. The fraction of sp³-hybridized carbons (Fsp3) is 0.696. The summed E-state index contributed by atoms with van der Waals surface area (Å²) in [7, 11) is 0. The molecule has 2 N–H and O–H groups in total. The van der Waals surface area contributed by atoms with E-state index in [2.05, 4.69) is 21.9 Å². The predicted molar refractivity (Wildman–Crippen MR) is 131 cm³/mol. The number of carbonyl (C=O) groups is 2. The molecule has 1 aliphatic rings. The Bertz CT molecular complexity index is 1080. The highest BCUT2D eigenvalue weighted by molar-refractivity contribution is 6.28. The number of carbonyl (C=O) groups excluding carboxylic acids is 2. The lowest BCUT2D eigenvalue weighted by Crippen LogP contribution is -2.38. The second-order valence-electron chi connectivity index (χ2n) is 9.58. The summed E-state index contributed by atoms with van der Waals surface area (Å²) in [5, 5.41) is -0.168. The molecule has 0 radical (unpaired) electrons. The van der Waals surface area contributed by atoms with Gasteiger partial charge >= 0.3 is 12.3 Å². The number of nitrogens with two attached hydrogens (primary N) is 1. The van der Waals surface area contributed by atoms with Crippen LogP contribution in [0.3, 0.4) is 0 Å². The van der Waals surface area contributed by atoms with Gasteiger partial charge in [0.15, 0.2) is 30.0 Å². The van der Waals surface area contributed by atoms with Gasteiger partial charge in [-0.2, -0.15) is 9.97 Å². The third-order valence-corrected chi connectivity index (χ3v) is 5.59. The molecular formula is C23H33ClFN5O7. The molecule has 0 bridgehead atoms. The van der Waals surface area contributed by atoms with Gasteiger partial charge in [-0.1, -0.05) is 32.6 Å². The van der Waals surface area contributed by atoms with Gasteiger partial charge in [-0.05, 0) is 38.8 Å². The van der Waals surface area contributed by atoms with E-state index in [1.807, 2.05) is 0 Å². The summed E-state index contributed by atoms with van der Waals surface area (Å²) >= 11 is 5.91. The molecule has 1 saturated heterocycles. The molecule has 12 nitrogen and oxygen atoms in total. The van der Waals surface area contributed by atoms with Crippen LogP contribution < -0.4 is 5.73 Å². The van der Waals surface area contributed by atoms with E-state index in [0.717, 1.165) is 25.7 Å². The Balaban J connectivity index is 1.71. The maximum Gasteiger partial charge on any atom is 0.509 e. The van der Waals surface area contributed by atoms with E-state index in [0.29, 0.717) is 6.42 Å². The van der Waals surface area contributed by atoms with E-state index >= 15 is 4.39 Å². The average Bonchev–Trinajstić information content (AvgIpc) is 3.35. The van der Waals surface area contributed by atoms with Crippen molar-refractivity contribution in [1.29, 1.82) is 0 Å². The van der Waals surface area contributed by atoms with Crippen molar-refractivity contribution in [3.8, 4) is 0 Å². The summed E-state index contributed by atoms with van der Waals surface area (Å²) in [5.41, 5.74) is 5.26. The molecule has 0 saturated carbocycles. The van der Waals surface area contributed by atoms with E-state index < -0.39 is 49.1 Å². The van der Waals surface area contributed by atoms with Crippen molar-refractivity contribution in [2.45, 2.75) is 90.0 Å². The summed E-state index contributed by atoms with van der Waals surface area (Å²) in [6.45, 7) is 6.78. The molecule has 1 aliphatic heterocycles. The summed E-state index contributed by atoms with van der Waals surface area (Å²) in [5.74, 6) is 0.000956. The molecular weight excluding hydrogens is 513 g/mol. The van der Waals surface area contributed by atoms with Crippen molar-refractivity contribution in [2.75, 3.05) is 18.9 Å². The Labute approximate surface area is 218 Å². The van der Waals surface area contributed by atoms with E-state index in [4.69, 9.17) is 41.0 Å². The average molecular weight is 546 g/mol. The van der Waals surface area contributed by atoms with Crippen LogP contribution in [0.2, 0.25) is 5.28 Å². The molecule has 0 unspecified atom stereocenters. The molecule has 0 spiro atoms. The highest BCUT2D eigenvalue weighted by Gasteiger charge is 2.50. The molecule has 0 amide bonds. The van der Waals surface area contributed by atoms with Crippen molar-refractivity contribution in [2.24, 2.45) is 0 Å². The van der Waals surface area contributed by atoms with Crippen LogP contribution in [0.25, 0.3) is 11.2 Å². The van der Waals surface area contributed by atoms with Crippen LogP contribution in [0.1, 0.15) is 66.0 Å². The smallest absolute Gasteiger partial charge is 0.434 e. The molecule has 3 rings (SSSR count). The molecule has 14 heteroatoms. The second kappa shape index (κ2) is 12.5. The van der Waals surface area contributed by atoms with Gasteiger partial charge in [0.1, 0.15) is 23.8 Å². The number of nitrogen functional groups attached to an aromatic ring is 1. The van der Waals surface area contributed by atoms with E-state index in [1.54, 1.807) is 20.8 Å². The van der Waals surface area contributed by atoms with Gasteiger partial charge in [0.05, 0.1) is 12.9 Å². The Hall–Kier alpha value is -2.93. The zero-order valence-corrected chi connectivity index (χ0v) is 22.1. The highest BCUT2D eigenvalue weighted by atomic mass is 35.5. The molecule has 1 fully saturated rings. The standard InChI is InChI=1S/C23H33ClFN5O7/c1-5-6-7-8-9-10-33-21(31)34-11-13-16(36-22(32)37-23(2,3)4)14(25)19(35-13)30-12-27-15-17(26)28-20(24)29-18(15)30/h12-14,16,19H,5-11H2,1-4H3,(H2,26,28,29)/t13-,14+,16-,19-/m1/s1. The summed E-state index contributed by atoms with van der Waals surface area (Å²) < 4.78 is 43.4. The normalized spacial score (nSPS) is 21.7. The third kappa shape index (κ3) is 7.78. The zero-order chi connectivity index (χ0) is 27.2. The first-order valence-corrected chi connectivity index (χ1v) is 12.5. The number of ether oxygens (including phenoxy) is 5. The lowest BCUT2D eigenvalue weighted by Gasteiger charge is -2.23. The predicted octanol–water partition coefficient (Wildman–Crippen LogP) is 4.74. The summed E-state index contributed by atoms with van der Waals surface area (Å²) in [4.78, 5) is 36.4. The minimum atomic E-state index is -1.91. The van der Waals surface area contributed by atoms with Gasteiger partial charge in [0.25, 0.3) is 0 Å². The van der Waals surface area contributed by atoms with Crippen molar-refractivity contribution in [1.82, 2.24) is 19.5 Å². The Kier molecular flexibility index (Phi) is 9.71. The minimum Gasteiger partial charge on any atom is -0.434 e. The molecule has 2 aromatic heterocycles. The maximum absolute atomic E-state index is 15.7.